The Hall–Kier alpha value is -2.86. The van der Waals surface area contributed by atoms with Gasteiger partial charge >= 0.3 is 0 Å². The molecule has 6 heteroatoms. The van der Waals surface area contributed by atoms with Crippen LogP contribution in [0.25, 0.3) is 0 Å². The van der Waals surface area contributed by atoms with Crippen LogP contribution in [-0.4, -0.2) is 43.5 Å². The zero-order valence-electron chi connectivity index (χ0n) is 17.1. The van der Waals surface area contributed by atoms with Crippen LogP contribution >= 0.6 is 0 Å². The number of ether oxygens (including phenoxy) is 1. The Labute approximate surface area is 172 Å². The highest BCUT2D eigenvalue weighted by Crippen LogP contribution is 2.26. The molecule has 1 aliphatic heterocycles. The summed E-state index contributed by atoms with van der Waals surface area (Å²) < 4.78 is 5.26. The van der Waals surface area contributed by atoms with Gasteiger partial charge < -0.3 is 15.4 Å². The molecule has 2 N–H and O–H groups in total. The average molecular weight is 396 g/mol. The van der Waals surface area contributed by atoms with Crippen LogP contribution in [0.15, 0.2) is 48.5 Å². The highest BCUT2D eigenvalue weighted by atomic mass is 16.5. The van der Waals surface area contributed by atoms with Crippen molar-refractivity contribution in [3.63, 3.8) is 0 Å². The summed E-state index contributed by atoms with van der Waals surface area (Å²) in [5, 5.41) is 5.83. The van der Waals surface area contributed by atoms with Crippen LogP contribution < -0.4 is 15.4 Å². The average Bonchev–Trinajstić information content (AvgIpc) is 3.24. The van der Waals surface area contributed by atoms with Gasteiger partial charge in [0.25, 0.3) is 0 Å². The van der Waals surface area contributed by atoms with Crippen molar-refractivity contribution in [1.82, 2.24) is 10.2 Å². The van der Waals surface area contributed by atoms with Gasteiger partial charge in [-0.1, -0.05) is 24.3 Å². The smallest absolute Gasteiger partial charge is 0.224 e. The van der Waals surface area contributed by atoms with Crippen LogP contribution in [0.3, 0.4) is 0 Å². The van der Waals surface area contributed by atoms with E-state index in [9.17, 15) is 9.59 Å². The van der Waals surface area contributed by atoms with E-state index in [0.717, 1.165) is 30.1 Å². The number of anilines is 1. The third kappa shape index (κ3) is 6.06. The zero-order chi connectivity index (χ0) is 20.6. The number of benzene rings is 2. The van der Waals surface area contributed by atoms with Gasteiger partial charge in [0.2, 0.25) is 11.8 Å². The lowest BCUT2D eigenvalue weighted by Crippen LogP contribution is -2.37. The Balaban J connectivity index is 1.59. The van der Waals surface area contributed by atoms with Gasteiger partial charge in [-0.3, -0.25) is 14.5 Å². The van der Waals surface area contributed by atoms with Crippen molar-refractivity contribution in [1.29, 1.82) is 0 Å². The van der Waals surface area contributed by atoms with E-state index >= 15 is 0 Å². The van der Waals surface area contributed by atoms with Crippen LogP contribution in [0.2, 0.25) is 0 Å². The van der Waals surface area contributed by atoms with Gasteiger partial charge in [-0.15, -0.1) is 0 Å². The summed E-state index contributed by atoms with van der Waals surface area (Å²) in [5.41, 5.74) is 2.83. The monoisotopic (exact) mass is 395 g/mol. The Morgan fingerprint density at radius 2 is 1.69 bits per heavy atom. The SMILES string of the molecule is COc1ccc(C(CNC(=O)Cc2ccc(NC(C)=O)cc2)N2CCCC2)cc1. The second-order valence-electron chi connectivity index (χ2n) is 7.39. The van der Waals surface area contributed by atoms with Gasteiger partial charge in [0.15, 0.2) is 0 Å². The molecule has 0 spiro atoms. The molecule has 0 radical (unpaired) electrons. The molecule has 1 saturated heterocycles. The Morgan fingerprint density at radius 3 is 2.28 bits per heavy atom. The van der Waals surface area contributed by atoms with Crippen LogP contribution in [0, 0.1) is 0 Å². The maximum absolute atomic E-state index is 12.5. The molecule has 6 nitrogen and oxygen atoms in total. The third-order valence-electron chi connectivity index (χ3n) is 5.21. The molecule has 0 bridgehead atoms. The molecule has 1 unspecified atom stereocenters. The lowest BCUT2D eigenvalue weighted by Gasteiger charge is -2.28. The summed E-state index contributed by atoms with van der Waals surface area (Å²) in [4.78, 5) is 26.0. The minimum absolute atomic E-state index is 0.00464. The standard InChI is InChI=1S/C23H29N3O3/c1-17(27)25-20-9-5-18(6-10-20)15-23(28)24-16-22(26-13-3-4-14-26)19-7-11-21(29-2)12-8-19/h5-12,22H,3-4,13-16H2,1-2H3,(H,24,28)(H,25,27). The van der Waals surface area contributed by atoms with Crippen molar-refractivity contribution < 1.29 is 14.3 Å². The largest absolute Gasteiger partial charge is 0.497 e. The van der Waals surface area contributed by atoms with E-state index in [1.54, 1.807) is 7.11 Å². The van der Waals surface area contributed by atoms with Crippen molar-refractivity contribution in [3.05, 3.63) is 59.7 Å². The number of carbonyl (C=O) groups excluding carboxylic acids is 2. The number of amides is 2. The quantitative estimate of drug-likeness (QED) is 0.720. The van der Waals surface area contributed by atoms with Crippen molar-refractivity contribution >= 4 is 17.5 Å². The van der Waals surface area contributed by atoms with E-state index < -0.39 is 0 Å². The number of hydrogen-bond donors (Lipinski definition) is 2. The van der Waals surface area contributed by atoms with Gasteiger partial charge in [-0.2, -0.15) is 0 Å². The first-order valence-corrected chi connectivity index (χ1v) is 10.1. The molecule has 2 amide bonds. The highest BCUT2D eigenvalue weighted by molar-refractivity contribution is 5.88. The van der Waals surface area contributed by atoms with E-state index in [2.05, 4.69) is 27.7 Å². The lowest BCUT2D eigenvalue weighted by molar-refractivity contribution is -0.120. The number of nitrogens with one attached hydrogen (secondary N) is 2. The zero-order valence-corrected chi connectivity index (χ0v) is 17.1. The highest BCUT2D eigenvalue weighted by Gasteiger charge is 2.24. The second-order valence-corrected chi connectivity index (χ2v) is 7.39. The minimum Gasteiger partial charge on any atom is -0.497 e. The van der Waals surface area contributed by atoms with E-state index in [-0.39, 0.29) is 17.9 Å². The molecular formula is C23H29N3O3. The van der Waals surface area contributed by atoms with E-state index in [1.165, 1.54) is 25.3 Å². The summed E-state index contributed by atoms with van der Waals surface area (Å²) in [7, 11) is 1.66. The van der Waals surface area contributed by atoms with Gasteiger partial charge in [0.05, 0.1) is 19.6 Å². The second kappa shape index (κ2) is 10.1. The molecule has 0 aromatic heterocycles. The first-order chi connectivity index (χ1) is 14.0. The van der Waals surface area contributed by atoms with Crippen LogP contribution in [0.1, 0.15) is 36.9 Å². The number of rotatable bonds is 8. The summed E-state index contributed by atoms with van der Waals surface area (Å²) in [6.07, 6.45) is 2.71. The van der Waals surface area contributed by atoms with E-state index in [1.807, 2.05) is 36.4 Å². The van der Waals surface area contributed by atoms with Crippen molar-refractivity contribution in [2.45, 2.75) is 32.2 Å². The predicted molar refractivity (Wildman–Crippen MR) is 114 cm³/mol. The molecule has 29 heavy (non-hydrogen) atoms. The Kier molecular flexibility index (Phi) is 7.25. The van der Waals surface area contributed by atoms with Gasteiger partial charge in [-0.25, -0.2) is 0 Å². The predicted octanol–water partition coefficient (Wildman–Crippen LogP) is 3.15. The molecule has 1 fully saturated rings. The molecule has 1 atom stereocenters. The van der Waals surface area contributed by atoms with Gasteiger partial charge in [0, 0.05) is 19.2 Å². The maximum Gasteiger partial charge on any atom is 0.224 e. The molecular weight excluding hydrogens is 366 g/mol. The normalized spacial score (nSPS) is 15.0. The first kappa shape index (κ1) is 20.9. The van der Waals surface area contributed by atoms with Crippen molar-refractivity contribution in [2.24, 2.45) is 0 Å². The first-order valence-electron chi connectivity index (χ1n) is 10.1. The Morgan fingerprint density at radius 1 is 1.03 bits per heavy atom. The number of nitrogens with zero attached hydrogens (tertiary/aromatic N) is 1. The van der Waals surface area contributed by atoms with Crippen LogP contribution in [-0.2, 0) is 16.0 Å². The van der Waals surface area contributed by atoms with Gasteiger partial charge in [0.1, 0.15) is 5.75 Å². The van der Waals surface area contributed by atoms with E-state index in [4.69, 9.17) is 4.74 Å². The van der Waals surface area contributed by atoms with Crippen LogP contribution in [0.5, 0.6) is 5.75 Å². The number of carbonyl (C=O) groups is 2. The number of hydrogen-bond acceptors (Lipinski definition) is 4. The minimum atomic E-state index is -0.109. The van der Waals surface area contributed by atoms with Crippen molar-refractivity contribution in [3.8, 4) is 5.75 Å². The molecule has 0 saturated carbocycles. The molecule has 1 heterocycles. The number of methoxy groups -OCH3 is 1. The van der Waals surface area contributed by atoms with Crippen molar-refractivity contribution in [2.75, 3.05) is 32.1 Å². The van der Waals surface area contributed by atoms with Crippen LogP contribution in [0.4, 0.5) is 5.69 Å². The molecule has 2 aromatic carbocycles. The molecule has 0 aliphatic carbocycles. The summed E-state index contributed by atoms with van der Waals surface area (Å²) in [6.45, 7) is 4.16. The summed E-state index contributed by atoms with van der Waals surface area (Å²) in [5.74, 6) is 0.720. The summed E-state index contributed by atoms with van der Waals surface area (Å²) >= 11 is 0. The maximum atomic E-state index is 12.5. The fourth-order valence-electron chi connectivity index (χ4n) is 3.70. The topological polar surface area (TPSA) is 70.7 Å². The van der Waals surface area contributed by atoms with Gasteiger partial charge in [-0.05, 0) is 61.3 Å². The lowest BCUT2D eigenvalue weighted by atomic mass is 10.0. The molecule has 2 aromatic rings. The fourth-order valence-corrected chi connectivity index (χ4v) is 3.70. The third-order valence-corrected chi connectivity index (χ3v) is 5.21. The number of likely N-dealkylation sites (tertiary alicyclic amines) is 1. The van der Waals surface area contributed by atoms with E-state index in [0.29, 0.717) is 13.0 Å². The molecule has 154 valence electrons. The fraction of sp³-hybridized carbons (Fsp3) is 0.391. The summed E-state index contributed by atoms with van der Waals surface area (Å²) in [6, 6.07) is 15.6. The Bertz CT molecular complexity index is 812. The molecule has 1 aliphatic rings. The molecule has 3 rings (SSSR count).